The van der Waals surface area contributed by atoms with Crippen molar-refractivity contribution in [2.45, 2.75) is 6.04 Å². The summed E-state index contributed by atoms with van der Waals surface area (Å²) in [6.45, 7) is 0. The van der Waals surface area contributed by atoms with Gasteiger partial charge in [-0.1, -0.05) is 30.3 Å². The predicted octanol–water partition coefficient (Wildman–Crippen LogP) is 3.72. The van der Waals surface area contributed by atoms with Crippen molar-refractivity contribution in [3.63, 3.8) is 0 Å². The normalized spacial score (nSPS) is 18.1. The van der Waals surface area contributed by atoms with Gasteiger partial charge in [-0.2, -0.15) is 0 Å². The molecule has 1 saturated heterocycles. The fraction of sp³-hybridized carbons (Fsp3) is 0.0435. The smallest absolute Gasteiger partial charge is 0.302 e. The molecule has 1 aliphatic heterocycles. The minimum Gasteiger partial charge on any atom is -0.507 e. The molecule has 1 aliphatic rings. The number of aliphatic hydroxyl groups is 1. The van der Waals surface area contributed by atoms with Gasteiger partial charge in [0.25, 0.3) is 5.78 Å². The first kappa shape index (κ1) is 18.7. The fourth-order valence-electron chi connectivity index (χ4n) is 3.76. The average Bonchev–Trinajstić information content (AvgIpc) is 3.33. The number of pyridine rings is 1. The maximum Gasteiger partial charge on any atom is 0.302 e. The molecule has 0 aliphatic carbocycles. The molecule has 4 aromatic rings. The molecule has 0 radical (unpaired) electrons. The molecule has 152 valence electrons. The molecule has 5 rings (SSSR count). The van der Waals surface area contributed by atoms with E-state index in [9.17, 15) is 19.1 Å². The summed E-state index contributed by atoms with van der Waals surface area (Å²) in [7, 11) is 0. The van der Waals surface area contributed by atoms with Gasteiger partial charge in [0.1, 0.15) is 17.6 Å². The Labute approximate surface area is 175 Å². The number of H-pyrrole nitrogens is 1. The average molecular weight is 414 g/mol. The number of fused-ring (bicyclic) bond motifs is 1. The molecule has 1 amide bonds. The molecule has 31 heavy (non-hydrogen) atoms. The van der Waals surface area contributed by atoms with Gasteiger partial charge in [-0.05, 0) is 30.3 Å². The van der Waals surface area contributed by atoms with Crippen LogP contribution >= 0.6 is 0 Å². The number of rotatable bonds is 3. The number of nitrogens with zero attached hydrogens (tertiary/aromatic N) is 3. The number of ketones is 1. The van der Waals surface area contributed by atoms with Crippen LogP contribution in [0, 0.1) is 5.82 Å². The first-order valence-electron chi connectivity index (χ1n) is 9.47. The van der Waals surface area contributed by atoms with E-state index in [4.69, 9.17) is 0 Å². The number of anilines is 1. The van der Waals surface area contributed by atoms with Gasteiger partial charge < -0.3 is 10.1 Å². The number of aromatic nitrogens is 3. The van der Waals surface area contributed by atoms with Crippen LogP contribution in [0.3, 0.4) is 0 Å². The number of hydrogen-bond donors (Lipinski definition) is 2. The monoisotopic (exact) mass is 414 g/mol. The number of hydrogen-bond acceptors (Lipinski definition) is 5. The largest absolute Gasteiger partial charge is 0.507 e. The molecule has 1 unspecified atom stereocenters. The highest BCUT2D eigenvalue weighted by Gasteiger charge is 2.49. The summed E-state index contributed by atoms with van der Waals surface area (Å²) in [6, 6.07) is 14.7. The quantitative estimate of drug-likeness (QED) is 0.302. The summed E-state index contributed by atoms with van der Waals surface area (Å²) in [5, 5.41) is 10.9. The van der Waals surface area contributed by atoms with Crippen LogP contribution < -0.4 is 4.90 Å². The van der Waals surface area contributed by atoms with Gasteiger partial charge in [-0.25, -0.2) is 9.37 Å². The van der Waals surface area contributed by atoms with Crippen molar-refractivity contribution in [3.8, 4) is 0 Å². The predicted molar refractivity (Wildman–Crippen MR) is 112 cm³/mol. The summed E-state index contributed by atoms with van der Waals surface area (Å²) < 4.78 is 14.8. The van der Waals surface area contributed by atoms with E-state index >= 15 is 0 Å². The van der Waals surface area contributed by atoms with Crippen LogP contribution in [0.2, 0.25) is 0 Å². The van der Waals surface area contributed by atoms with Crippen molar-refractivity contribution in [1.82, 2.24) is 15.0 Å². The summed E-state index contributed by atoms with van der Waals surface area (Å²) >= 11 is 0. The third-order valence-electron chi connectivity index (χ3n) is 5.20. The lowest BCUT2D eigenvalue weighted by Gasteiger charge is -2.23. The lowest BCUT2D eigenvalue weighted by atomic mass is 9.95. The van der Waals surface area contributed by atoms with E-state index < -0.39 is 29.3 Å². The van der Waals surface area contributed by atoms with Crippen LogP contribution in [0.25, 0.3) is 16.8 Å². The van der Waals surface area contributed by atoms with Crippen molar-refractivity contribution < 1.29 is 19.1 Å². The van der Waals surface area contributed by atoms with Crippen molar-refractivity contribution >= 4 is 34.4 Å². The Kier molecular flexibility index (Phi) is 4.32. The number of benzene rings is 2. The van der Waals surface area contributed by atoms with E-state index in [1.807, 2.05) is 0 Å². The topological polar surface area (TPSA) is 99.2 Å². The number of aliphatic hydroxyl groups excluding tert-OH is 1. The Morgan fingerprint density at radius 1 is 1.00 bits per heavy atom. The molecule has 8 heteroatoms. The highest BCUT2D eigenvalue weighted by atomic mass is 19.1. The third-order valence-corrected chi connectivity index (χ3v) is 5.20. The van der Waals surface area contributed by atoms with E-state index in [2.05, 4.69) is 15.0 Å². The Bertz CT molecular complexity index is 1330. The minimum absolute atomic E-state index is 0.0674. The van der Waals surface area contributed by atoms with Gasteiger partial charge in [0.15, 0.2) is 0 Å². The zero-order valence-corrected chi connectivity index (χ0v) is 16.0. The van der Waals surface area contributed by atoms with Gasteiger partial charge in [0, 0.05) is 23.5 Å². The molecular weight excluding hydrogens is 399 g/mol. The van der Waals surface area contributed by atoms with Gasteiger partial charge in [-0.3, -0.25) is 19.5 Å². The SMILES string of the molecule is O=C1C(=O)N(c2nc3ccccc3[nH]2)C(c2ccccc2F)/C1=C(\O)c1ccncc1. The first-order chi connectivity index (χ1) is 15.1. The molecule has 0 bridgehead atoms. The second kappa shape index (κ2) is 7.17. The third kappa shape index (κ3) is 2.96. The van der Waals surface area contributed by atoms with E-state index in [1.165, 1.54) is 42.7 Å². The first-order valence-corrected chi connectivity index (χ1v) is 9.47. The number of carbonyl (C=O) groups excluding carboxylic acids is 2. The summed E-state index contributed by atoms with van der Waals surface area (Å²) in [4.78, 5) is 38.5. The van der Waals surface area contributed by atoms with Crippen LogP contribution in [0.15, 0.2) is 78.6 Å². The lowest BCUT2D eigenvalue weighted by Crippen LogP contribution is -2.30. The number of aromatic amines is 1. The van der Waals surface area contributed by atoms with Crippen molar-refractivity contribution in [1.29, 1.82) is 0 Å². The molecule has 0 saturated carbocycles. The summed E-state index contributed by atoms with van der Waals surface area (Å²) in [6.07, 6.45) is 2.89. The van der Waals surface area contributed by atoms with Gasteiger partial charge in [-0.15, -0.1) is 0 Å². The summed E-state index contributed by atoms with van der Waals surface area (Å²) in [5.41, 5.74) is 1.38. The zero-order valence-electron chi connectivity index (χ0n) is 16.0. The van der Waals surface area contributed by atoms with E-state index in [0.717, 1.165) is 4.90 Å². The number of Topliss-reactive ketones (excluding diaryl/α,β-unsaturated/α-hetero) is 1. The summed E-state index contributed by atoms with van der Waals surface area (Å²) in [5.74, 6) is -2.78. The molecule has 7 nitrogen and oxygen atoms in total. The Morgan fingerprint density at radius 2 is 1.71 bits per heavy atom. The Hall–Kier alpha value is -4.33. The number of halogens is 1. The molecule has 3 heterocycles. The maximum atomic E-state index is 14.8. The maximum absolute atomic E-state index is 14.8. The minimum atomic E-state index is -1.20. The number of amides is 1. The molecule has 1 atom stereocenters. The molecule has 2 aromatic carbocycles. The van der Waals surface area contributed by atoms with Crippen LogP contribution in [0.4, 0.5) is 10.3 Å². The zero-order chi connectivity index (χ0) is 21.5. The van der Waals surface area contributed by atoms with E-state index in [-0.39, 0.29) is 17.1 Å². The van der Waals surface area contributed by atoms with Crippen LogP contribution in [-0.2, 0) is 9.59 Å². The van der Waals surface area contributed by atoms with E-state index in [1.54, 1.807) is 30.3 Å². The van der Waals surface area contributed by atoms with Crippen molar-refractivity contribution in [2.75, 3.05) is 4.90 Å². The van der Waals surface area contributed by atoms with Gasteiger partial charge in [0.05, 0.1) is 16.6 Å². The van der Waals surface area contributed by atoms with Gasteiger partial charge in [0.2, 0.25) is 5.95 Å². The fourth-order valence-corrected chi connectivity index (χ4v) is 3.76. The highest BCUT2D eigenvalue weighted by Crippen LogP contribution is 2.42. The highest BCUT2D eigenvalue weighted by molar-refractivity contribution is 6.51. The van der Waals surface area contributed by atoms with Crippen LogP contribution in [-0.4, -0.2) is 31.7 Å². The van der Waals surface area contributed by atoms with Crippen molar-refractivity contribution in [2.24, 2.45) is 0 Å². The molecule has 2 N–H and O–H groups in total. The second-order valence-electron chi connectivity index (χ2n) is 7.00. The second-order valence-corrected chi connectivity index (χ2v) is 7.00. The lowest BCUT2D eigenvalue weighted by molar-refractivity contribution is -0.132. The van der Waals surface area contributed by atoms with Crippen LogP contribution in [0.5, 0.6) is 0 Å². The molecule has 1 fully saturated rings. The van der Waals surface area contributed by atoms with E-state index in [0.29, 0.717) is 16.6 Å². The number of carbonyl (C=O) groups is 2. The molecule has 2 aromatic heterocycles. The van der Waals surface area contributed by atoms with Crippen LogP contribution in [0.1, 0.15) is 17.2 Å². The standard InChI is InChI=1S/C23H15FN4O3/c24-15-6-2-1-5-14(15)19-18(20(29)13-9-11-25-12-10-13)21(30)22(31)28(19)23-26-16-7-3-4-8-17(16)27-23/h1-12,19,29H,(H,26,27)/b20-18+. The Morgan fingerprint density at radius 3 is 2.45 bits per heavy atom. The molecule has 0 spiro atoms. The number of nitrogens with one attached hydrogen (secondary N) is 1. The van der Waals surface area contributed by atoms with Gasteiger partial charge >= 0.3 is 5.91 Å². The molecular formula is C23H15FN4O3. The number of imidazole rings is 1. The number of para-hydroxylation sites is 2. The Balaban J connectivity index is 1.77. The van der Waals surface area contributed by atoms with Crippen molar-refractivity contribution in [3.05, 3.63) is 95.6 Å².